The van der Waals surface area contributed by atoms with Gasteiger partial charge in [0, 0.05) is 0 Å². The first-order valence-electron chi connectivity index (χ1n) is 9.33. The standard InChI is InChI=1S/C25H21ClO4/c1-17-8-10-24(22(26)13-17)30-12-4-7-21-16-20(9-11-23(21)29-2)19-6-3-5-18(14-19)15-25(27)28/h3,5-6,8-11,13-14,16H,12,15H2,1-2H3,(H,27,28). The van der Waals surface area contributed by atoms with Gasteiger partial charge in [-0.25, -0.2) is 0 Å². The number of benzene rings is 3. The van der Waals surface area contributed by atoms with Crippen molar-refractivity contribution in [2.45, 2.75) is 13.3 Å². The maximum Gasteiger partial charge on any atom is 0.307 e. The maximum atomic E-state index is 11.0. The highest BCUT2D eigenvalue weighted by Gasteiger charge is 2.07. The fourth-order valence-corrected chi connectivity index (χ4v) is 3.28. The van der Waals surface area contributed by atoms with E-state index in [4.69, 9.17) is 26.2 Å². The van der Waals surface area contributed by atoms with Crippen LogP contribution in [-0.4, -0.2) is 24.8 Å². The summed E-state index contributed by atoms with van der Waals surface area (Å²) in [7, 11) is 1.59. The van der Waals surface area contributed by atoms with Crippen molar-refractivity contribution in [1.82, 2.24) is 0 Å². The second-order valence-electron chi connectivity index (χ2n) is 6.71. The van der Waals surface area contributed by atoms with Gasteiger partial charge < -0.3 is 14.6 Å². The molecule has 0 spiro atoms. The minimum Gasteiger partial charge on any atom is -0.495 e. The van der Waals surface area contributed by atoms with Crippen LogP contribution < -0.4 is 9.47 Å². The molecule has 5 heteroatoms. The Bertz CT molecular complexity index is 1130. The molecule has 0 aliphatic rings. The van der Waals surface area contributed by atoms with Gasteiger partial charge in [0.15, 0.2) is 0 Å². The number of halogens is 1. The van der Waals surface area contributed by atoms with E-state index in [9.17, 15) is 4.79 Å². The Kier molecular flexibility index (Phi) is 7.00. The van der Waals surface area contributed by atoms with Crippen LogP contribution in [0.2, 0.25) is 5.02 Å². The van der Waals surface area contributed by atoms with Crippen LogP contribution in [0, 0.1) is 18.8 Å². The monoisotopic (exact) mass is 420 g/mol. The molecule has 0 fully saturated rings. The van der Waals surface area contributed by atoms with Gasteiger partial charge >= 0.3 is 5.97 Å². The predicted molar refractivity (Wildman–Crippen MR) is 118 cm³/mol. The molecule has 3 aromatic carbocycles. The van der Waals surface area contributed by atoms with E-state index in [0.29, 0.717) is 16.5 Å². The molecule has 0 bridgehead atoms. The molecule has 0 amide bonds. The van der Waals surface area contributed by atoms with E-state index in [1.807, 2.05) is 61.5 Å². The zero-order chi connectivity index (χ0) is 21.5. The van der Waals surface area contributed by atoms with E-state index in [2.05, 4.69) is 11.8 Å². The van der Waals surface area contributed by atoms with E-state index in [1.54, 1.807) is 13.2 Å². The topological polar surface area (TPSA) is 55.8 Å². The summed E-state index contributed by atoms with van der Waals surface area (Å²) < 4.78 is 11.1. The summed E-state index contributed by atoms with van der Waals surface area (Å²) in [4.78, 5) is 11.0. The van der Waals surface area contributed by atoms with Gasteiger partial charge in [-0.15, -0.1) is 0 Å². The quantitative estimate of drug-likeness (QED) is 0.544. The van der Waals surface area contributed by atoms with Gasteiger partial charge in [0.25, 0.3) is 0 Å². The molecule has 0 atom stereocenters. The molecule has 0 saturated heterocycles. The van der Waals surface area contributed by atoms with E-state index in [1.165, 1.54) is 0 Å². The molecule has 0 aliphatic heterocycles. The zero-order valence-electron chi connectivity index (χ0n) is 16.7. The number of aryl methyl sites for hydroxylation is 1. The average Bonchev–Trinajstić information content (AvgIpc) is 2.72. The number of carboxylic acid groups (broad SMARTS) is 1. The second kappa shape index (κ2) is 9.87. The Morgan fingerprint density at radius 2 is 1.80 bits per heavy atom. The molecule has 152 valence electrons. The van der Waals surface area contributed by atoms with E-state index < -0.39 is 5.97 Å². The van der Waals surface area contributed by atoms with Gasteiger partial charge in [-0.2, -0.15) is 0 Å². The van der Waals surface area contributed by atoms with Gasteiger partial charge in [-0.1, -0.05) is 59.8 Å². The van der Waals surface area contributed by atoms with Crippen LogP contribution >= 0.6 is 11.6 Å². The summed E-state index contributed by atoms with van der Waals surface area (Å²) in [6.45, 7) is 2.15. The molecular formula is C25H21ClO4. The van der Waals surface area contributed by atoms with Crippen LogP contribution in [0.1, 0.15) is 16.7 Å². The van der Waals surface area contributed by atoms with Gasteiger partial charge in [0.1, 0.15) is 18.1 Å². The van der Waals surface area contributed by atoms with E-state index in [0.717, 1.165) is 27.8 Å². The number of rotatable bonds is 6. The molecule has 0 unspecified atom stereocenters. The highest BCUT2D eigenvalue weighted by atomic mass is 35.5. The predicted octanol–water partition coefficient (Wildman–Crippen LogP) is 5.38. The number of aliphatic carboxylic acids is 1. The van der Waals surface area contributed by atoms with Crippen molar-refractivity contribution < 1.29 is 19.4 Å². The molecule has 4 nitrogen and oxygen atoms in total. The Balaban J connectivity index is 1.80. The number of hydrogen-bond acceptors (Lipinski definition) is 3. The van der Waals surface area contributed by atoms with Crippen LogP contribution in [0.3, 0.4) is 0 Å². The van der Waals surface area contributed by atoms with Crippen molar-refractivity contribution in [2.75, 3.05) is 13.7 Å². The van der Waals surface area contributed by atoms with Crippen molar-refractivity contribution in [1.29, 1.82) is 0 Å². The van der Waals surface area contributed by atoms with Gasteiger partial charge in [0.05, 0.1) is 24.1 Å². The normalized spacial score (nSPS) is 10.1. The molecule has 0 saturated carbocycles. The molecule has 3 rings (SSSR count). The Morgan fingerprint density at radius 1 is 1.03 bits per heavy atom. The van der Waals surface area contributed by atoms with Crippen molar-refractivity contribution in [3.05, 3.63) is 82.4 Å². The number of methoxy groups -OCH3 is 1. The van der Waals surface area contributed by atoms with Crippen molar-refractivity contribution in [3.63, 3.8) is 0 Å². The van der Waals surface area contributed by atoms with Gasteiger partial charge in [-0.3, -0.25) is 4.79 Å². The van der Waals surface area contributed by atoms with Gasteiger partial charge in [-0.05, 0) is 53.4 Å². The van der Waals surface area contributed by atoms with Crippen molar-refractivity contribution in [2.24, 2.45) is 0 Å². The molecule has 0 heterocycles. The number of ether oxygens (including phenoxy) is 2. The molecule has 30 heavy (non-hydrogen) atoms. The summed E-state index contributed by atoms with van der Waals surface area (Å²) >= 11 is 6.18. The largest absolute Gasteiger partial charge is 0.495 e. The fraction of sp³-hybridized carbons (Fsp3) is 0.160. The summed E-state index contributed by atoms with van der Waals surface area (Å²) in [5, 5.41) is 9.57. The van der Waals surface area contributed by atoms with Crippen LogP contribution in [0.4, 0.5) is 0 Å². The summed E-state index contributed by atoms with van der Waals surface area (Å²) in [5.41, 5.74) is 4.37. The summed E-state index contributed by atoms with van der Waals surface area (Å²) in [6, 6.07) is 18.7. The van der Waals surface area contributed by atoms with Gasteiger partial charge in [0.2, 0.25) is 0 Å². The zero-order valence-corrected chi connectivity index (χ0v) is 17.5. The average molecular weight is 421 g/mol. The van der Waals surface area contributed by atoms with E-state index >= 15 is 0 Å². The van der Waals surface area contributed by atoms with Crippen LogP contribution in [0.15, 0.2) is 60.7 Å². The first-order valence-corrected chi connectivity index (χ1v) is 9.71. The maximum absolute atomic E-state index is 11.0. The highest BCUT2D eigenvalue weighted by Crippen LogP contribution is 2.27. The van der Waals surface area contributed by atoms with Crippen molar-refractivity contribution >= 4 is 17.6 Å². The highest BCUT2D eigenvalue weighted by molar-refractivity contribution is 6.32. The van der Waals surface area contributed by atoms with Crippen molar-refractivity contribution in [3.8, 4) is 34.5 Å². The second-order valence-corrected chi connectivity index (χ2v) is 7.12. The summed E-state index contributed by atoms with van der Waals surface area (Å²) in [6.07, 6.45) is -0.0183. The molecule has 0 aromatic heterocycles. The van der Waals surface area contributed by atoms with Crippen LogP contribution in [0.25, 0.3) is 11.1 Å². The smallest absolute Gasteiger partial charge is 0.307 e. The number of carboxylic acids is 1. The lowest BCUT2D eigenvalue weighted by molar-refractivity contribution is -0.136. The third kappa shape index (κ3) is 5.56. The molecule has 0 aliphatic carbocycles. The molecule has 0 radical (unpaired) electrons. The SMILES string of the molecule is COc1ccc(-c2cccc(CC(=O)O)c2)cc1C#CCOc1ccc(C)cc1Cl. The Morgan fingerprint density at radius 3 is 2.53 bits per heavy atom. The minimum atomic E-state index is -0.859. The van der Waals surface area contributed by atoms with Crippen LogP contribution in [-0.2, 0) is 11.2 Å². The molecule has 3 aromatic rings. The lowest BCUT2D eigenvalue weighted by atomic mass is 9.99. The van der Waals surface area contributed by atoms with Crippen LogP contribution in [0.5, 0.6) is 11.5 Å². The lowest BCUT2D eigenvalue weighted by Crippen LogP contribution is -1.99. The third-order valence-electron chi connectivity index (χ3n) is 4.43. The third-order valence-corrected chi connectivity index (χ3v) is 4.72. The minimum absolute atomic E-state index is 0.0183. The Labute approximate surface area is 181 Å². The first kappa shape index (κ1) is 21.3. The summed E-state index contributed by atoms with van der Waals surface area (Å²) in [5.74, 6) is 6.46. The fourth-order valence-electron chi connectivity index (χ4n) is 2.99. The van der Waals surface area contributed by atoms with E-state index in [-0.39, 0.29) is 13.0 Å². The molecule has 1 N–H and O–H groups in total. The first-order chi connectivity index (χ1) is 14.5. The lowest BCUT2D eigenvalue weighted by Gasteiger charge is -2.08. The number of hydrogen-bond donors (Lipinski definition) is 1. The number of carbonyl (C=O) groups is 1. The Hall–Kier alpha value is -3.42. The molecular weight excluding hydrogens is 400 g/mol.